The number of aromatic nitrogens is 2. The monoisotopic (exact) mass is 419 g/mol. The summed E-state index contributed by atoms with van der Waals surface area (Å²) in [7, 11) is 0. The Bertz CT molecular complexity index is 1120. The molecule has 3 aromatic rings. The van der Waals surface area contributed by atoms with E-state index in [1.807, 2.05) is 55.5 Å². The predicted octanol–water partition coefficient (Wildman–Crippen LogP) is 3.71. The van der Waals surface area contributed by atoms with Gasteiger partial charge in [0, 0.05) is 6.42 Å². The van der Waals surface area contributed by atoms with Crippen LogP contribution in [0.25, 0.3) is 5.69 Å². The number of rotatable bonds is 5. The van der Waals surface area contributed by atoms with Gasteiger partial charge < -0.3 is 14.8 Å². The Kier molecular flexibility index (Phi) is 5.75. The Morgan fingerprint density at radius 2 is 1.74 bits per heavy atom. The number of fused-ring (bicyclic) bond motifs is 1. The lowest BCUT2D eigenvalue weighted by atomic mass is 10.1. The van der Waals surface area contributed by atoms with Crippen molar-refractivity contribution in [2.75, 3.05) is 13.2 Å². The molecule has 2 aromatic carbocycles. The average Bonchev–Trinajstić information content (AvgIpc) is 2.93. The van der Waals surface area contributed by atoms with Gasteiger partial charge in [-0.1, -0.05) is 24.3 Å². The molecule has 0 bridgehead atoms. The number of amides is 1. The van der Waals surface area contributed by atoms with E-state index in [-0.39, 0.29) is 6.04 Å². The molecular weight excluding hydrogens is 394 g/mol. The Morgan fingerprint density at radius 1 is 1.03 bits per heavy atom. The number of ether oxygens (including phenoxy) is 2. The topological polar surface area (TPSA) is 82.5 Å². The second kappa shape index (κ2) is 8.63. The summed E-state index contributed by atoms with van der Waals surface area (Å²) < 4.78 is 13.1. The number of benzene rings is 2. The molecule has 1 aromatic heterocycles. The Morgan fingerprint density at radius 3 is 2.48 bits per heavy atom. The zero-order valence-corrected chi connectivity index (χ0v) is 17.8. The van der Waals surface area contributed by atoms with E-state index in [9.17, 15) is 9.59 Å². The third-order valence-electron chi connectivity index (χ3n) is 5.34. The summed E-state index contributed by atoms with van der Waals surface area (Å²) in [5.74, 6) is 0.0745. The first-order chi connectivity index (χ1) is 15.0. The van der Waals surface area contributed by atoms with E-state index in [4.69, 9.17) is 9.47 Å². The molecule has 1 amide bonds. The lowest BCUT2D eigenvalue weighted by Gasteiger charge is -2.16. The summed E-state index contributed by atoms with van der Waals surface area (Å²) in [5, 5.41) is 7.26. The van der Waals surface area contributed by atoms with Crippen LogP contribution < -0.4 is 14.8 Å². The normalized spacial score (nSPS) is 13.9. The van der Waals surface area contributed by atoms with Crippen LogP contribution in [0, 0.1) is 13.8 Å². The molecule has 0 spiro atoms. The quantitative estimate of drug-likeness (QED) is 0.504. The average molecular weight is 419 g/mol. The first-order valence-electron chi connectivity index (χ1n) is 10.3. The lowest BCUT2D eigenvalue weighted by Crippen LogP contribution is -2.33. The second-order valence-corrected chi connectivity index (χ2v) is 7.57. The molecule has 0 fully saturated rings. The van der Waals surface area contributed by atoms with Crippen LogP contribution >= 0.6 is 0 Å². The molecule has 2 heterocycles. The zero-order chi connectivity index (χ0) is 22.0. The number of nitrogens with zero attached hydrogens (tertiary/aromatic N) is 2. The molecule has 0 aliphatic carbocycles. The van der Waals surface area contributed by atoms with E-state index < -0.39 is 11.7 Å². The highest BCUT2D eigenvalue weighted by molar-refractivity contribution is 6.43. The smallest absolute Gasteiger partial charge is 0.293 e. The van der Waals surface area contributed by atoms with Gasteiger partial charge >= 0.3 is 0 Å². The molecular formula is C24H25N3O4. The van der Waals surface area contributed by atoms with Gasteiger partial charge in [0.1, 0.15) is 0 Å². The maximum absolute atomic E-state index is 13.0. The van der Waals surface area contributed by atoms with Crippen LogP contribution in [0.2, 0.25) is 0 Å². The molecule has 1 atom stereocenters. The summed E-state index contributed by atoms with van der Waals surface area (Å²) >= 11 is 0. The summed E-state index contributed by atoms with van der Waals surface area (Å²) in [4.78, 5) is 25.7. The van der Waals surface area contributed by atoms with Gasteiger partial charge in [0.15, 0.2) is 11.5 Å². The minimum atomic E-state index is -0.668. The first-order valence-corrected chi connectivity index (χ1v) is 10.3. The van der Waals surface area contributed by atoms with E-state index in [1.54, 1.807) is 18.5 Å². The fourth-order valence-corrected chi connectivity index (χ4v) is 3.70. The van der Waals surface area contributed by atoms with Crippen molar-refractivity contribution in [3.05, 3.63) is 71.0 Å². The van der Waals surface area contributed by atoms with Crippen LogP contribution in [-0.4, -0.2) is 34.7 Å². The Balaban J connectivity index is 1.52. The summed E-state index contributed by atoms with van der Waals surface area (Å²) in [5.41, 5.74) is 3.14. The van der Waals surface area contributed by atoms with E-state index in [2.05, 4.69) is 10.4 Å². The van der Waals surface area contributed by atoms with Gasteiger partial charge in [-0.2, -0.15) is 5.10 Å². The van der Waals surface area contributed by atoms with Gasteiger partial charge in [-0.15, -0.1) is 0 Å². The minimum absolute atomic E-state index is 0.326. The van der Waals surface area contributed by atoms with E-state index in [1.165, 1.54) is 0 Å². The van der Waals surface area contributed by atoms with Gasteiger partial charge in [0.2, 0.25) is 0 Å². The molecule has 160 valence electrons. The second-order valence-electron chi connectivity index (χ2n) is 7.57. The van der Waals surface area contributed by atoms with Crippen molar-refractivity contribution >= 4 is 11.7 Å². The number of nitrogens with one attached hydrogen (secondary N) is 1. The van der Waals surface area contributed by atoms with E-state index >= 15 is 0 Å². The number of aryl methyl sites for hydroxylation is 1. The lowest BCUT2D eigenvalue weighted by molar-refractivity contribution is -0.117. The molecule has 7 heteroatoms. The van der Waals surface area contributed by atoms with Crippen LogP contribution in [-0.2, 0) is 4.79 Å². The predicted molar refractivity (Wildman–Crippen MR) is 116 cm³/mol. The molecule has 4 rings (SSSR count). The van der Waals surface area contributed by atoms with Gasteiger partial charge in [-0.25, -0.2) is 4.68 Å². The van der Waals surface area contributed by atoms with Crippen molar-refractivity contribution in [1.29, 1.82) is 0 Å². The maximum atomic E-state index is 13.0. The van der Waals surface area contributed by atoms with Crippen molar-refractivity contribution in [3.8, 4) is 17.2 Å². The van der Waals surface area contributed by atoms with Gasteiger partial charge in [0.25, 0.3) is 11.7 Å². The van der Waals surface area contributed by atoms with Crippen LogP contribution in [0.3, 0.4) is 0 Å². The van der Waals surface area contributed by atoms with Crippen molar-refractivity contribution in [3.63, 3.8) is 0 Å². The van der Waals surface area contributed by atoms with Crippen LogP contribution in [0.4, 0.5) is 0 Å². The number of carbonyl (C=O) groups is 2. The molecule has 7 nitrogen and oxygen atoms in total. The van der Waals surface area contributed by atoms with Crippen molar-refractivity contribution in [2.45, 2.75) is 33.2 Å². The Hall–Kier alpha value is -3.61. The molecule has 0 unspecified atom stereocenters. The standard InChI is InChI=1S/C24H25N3O4/c1-15(18-10-11-20-21(14-18)31-13-7-12-30-20)25-24(29)23(28)22-16(2)26-27(17(22)3)19-8-5-4-6-9-19/h4-6,8-11,14-15H,7,12-13H2,1-3H3,(H,25,29)/t15-/m1/s1. The molecule has 1 aliphatic heterocycles. The third kappa shape index (κ3) is 4.17. The summed E-state index contributed by atoms with van der Waals surface area (Å²) in [6.07, 6.45) is 0.820. The SMILES string of the molecule is Cc1nn(-c2ccccc2)c(C)c1C(=O)C(=O)N[C@H](C)c1ccc2c(c1)OCCCO2. The maximum Gasteiger partial charge on any atom is 0.293 e. The molecule has 0 saturated heterocycles. The largest absolute Gasteiger partial charge is 0.490 e. The van der Waals surface area contributed by atoms with Gasteiger partial charge in [-0.05, 0) is 50.6 Å². The highest BCUT2D eigenvalue weighted by atomic mass is 16.5. The third-order valence-corrected chi connectivity index (χ3v) is 5.34. The van der Waals surface area contributed by atoms with Crippen molar-refractivity contribution in [1.82, 2.24) is 15.1 Å². The van der Waals surface area contributed by atoms with Gasteiger partial charge in [-0.3, -0.25) is 9.59 Å². The first kappa shape index (κ1) is 20.7. The van der Waals surface area contributed by atoms with Gasteiger partial charge in [0.05, 0.1) is 41.9 Å². The molecule has 0 saturated carbocycles. The fraction of sp³-hybridized carbons (Fsp3) is 0.292. The number of Topliss-reactive ketones (excluding diaryl/α,β-unsaturated/α-hetero) is 1. The molecule has 1 aliphatic rings. The zero-order valence-electron chi connectivity index (χ0n) is 17.8. The number of para-hydroxylation sites is 1. The summed E-state index contributed by atoms with van der Waals surface area (Å²) in [6.45, 7) is 6.56. The number of carbonyl (C=O) groups excluding carboxylic acids is 2. The number of hydrogen-bond acceptors (Lipinski definition) is 5. The summed E-state index contributed by atoms with van der Waals surface area (Å²) in [6, 6.07) is 14.7. The van der Waals surface area contributed by atoms with Crippen molar-refractivity contribution < 1.29 is 19.1 Å². The number of ketones is 1. The minimum Gasteiger partial charge on any atom is -0.490 e. The molecule has 1 N–H and O–H groups in total. The van der Waals surface area contributed by atoms with Crippen LogP contribution in [0.1, 0.15) is 46.7 Å². The van der Waals surface area contributed by atoms with Crippen LogP contribution in [0.15, 0.2) is 48.5 Å². The van der Waals surface area contributed by atoms with E-state index in [0.717, 1.165) is 17.7 Å². The van der Waals surface area contributed by atoms with E-state index in [0.29, 0.717) is 41.7 Å². The Labute approximate surface area is 181 Å². The highest BCUT2D eigenvalue weighted by Gasteiger charge is 2.26. The molecule has 31 heavy (non-hydrogen) atoms. The van der Waals surface area contributed by atoms with Crippen molar-refractivity contribution in [2.24, 2.45) is 0 Å². The highest BCUT2D eigenvalue weighted by Crippen LogP contribution is 2.32. The fourth-order valence-electron chi connectivity index (χ4n) is 3.70. The molecule has 0 radical (unpaired) electrons. The number of hydrogen-bond donors (Lipinski definition) is 1. The van der Waals surface area contributed by atoms with Crippen LogP contribution in [0.5, 0.6) is 11.5 Å².